The molecule has 0 radical (unpaired) electrons. The summed E-state index contributed by atoms with van der Waals surface area (Å²) in [6.07, 6.45) is 0.735. The van der Waals surface area contributed by atoms with Crippen LogP contribution in [0.2, 0.25) is 0 Å². The van der Waals surface area contributed by atoms with Crippen LogP contribution >= 0.6 is 0 Å². The van der Waals surface area contributed by atoms with Gasteiger partial charge in [0.2, 0.25) is 0 Å². The van der Waals surface area contributed by atoms with Gasteiger partial charge < -0.3 is 0 Å². The van der Waals surface area contributed by atoms with E-state index in [9.17, 15) is 8.42 Å². The summed E-state index contributed by atoms with van der Waals surface area (Å²) in [6.45, 7) is 3.73. The van der Waals surface area contributed by atoms with Crippen LogP contribution in [0.3, 0.4) is 0 Å². The molecule has 0 fully saturated rings. The predicted octanol–water partition coefficient (Wildman–Crippen LogP) is 0.114. The Morgan fingerprint density at radius 2 is 1.80 bits per heavy atom. The molecule has 0 aromatic carbocycles. The zero-order valence-corrected chi connectivity index (χ0v) is 6.57. The maximum absolute atomic E-state index is 10.5. The molecule has 0 saturated heterocycles. The average Bonchev–Trinajstić information content (AvgIpc) is 1.84. The van der Waals surface area contributed by atoms with Gasteiger partial charge in [-0.2, -0.15) is 8.42 Å². The Bertz CT molecular complexity index is 152. The Morgan fingerprint density at radius 1 is 1.30 bits per heavy atom. The second-order valence-corrected chi connectivity index (χ2v) is 3.60. The first-order chi connectivity index (χ1) is 4.12. The van der Waals surface area contributed by atoms with Crippen molar-refractivity contribution in [1.82, 2.24) is 0 Å². The van der Waals surface area contributed by atoms with E-state index in [0.29, 0.717) is 6.61 Å². The van der Waals surface area contributed by atoms with Crippen LogP contribution in [0.25, 0.3) is 0 Å². The van der Waals surface area contributed by atoms with E-state index in [0.717, 1.165) is 6.42 Å². The Morgan fingerprint density at radius 3 is 2.10 bits per heavy atom. The van der Waals surface area contributed by atoms with Crippen LogP contribution in [-0.4, -0.2) is 50.3 Å². The minimum atomic E-state index is -3.18. The van der Waals surface area contributed by atoms with Crippen molar-refractivity contribution in [1.29, 1.82) is 0 Å². The molecule has 0 aliphatic carbocycles. The summed E-state index contributed by atoms with van der Waals surface area (Å²) in [5, 5.41) is 0. The molecule has 3 nitrogen and oxygen atoms in total. The SMILES string of the molecule is CCCOS(=O)(=O)CC.[NaH]. The Hall–Kier alpha value is 0.910. The van der Waals surface area contributed by atoms with E-state index >= 15 is 0 Å². The fourth-order valence-electron chi connectivity index (χ4n) is 0.294. The summed E-state index contributed by atoms with van der Waals surface area (Å²) >= 11 is 0. The van der Waals surface area contributed by atoms with Crippen LogP contribution < -0.4 is 0 Å². The van der Waals surface area contributed by atoms with Gasteiger partial charge in [-0.3, -0.25) is 4.18 Å². The summed E-state index contributed by atoms with van der Waals surface area (Å²) in [4.78, 5) is 0. The van der Waals surface area contributed by atoms with Crippen molar-refractivity contribution in [3.05, 3.63) is 0 Å². The van der Waals surface area contributed by atoms with E-state index < -0.39 is 10.1 Å². The van der Waals surface area contributed by atoms with Gasteiger partial charge in [0.05, 0.1) is 12.4 Å². The second-order valence-electron chi connectivity index (χ2n) is 1.67. The molecule has 0 aromatic rings. The van der Waals surface area contributed by atoms with Crippen molar-refractivity contribution in [3.63, 3.8) is 0 Å². The van der Waals surface area contributed by atoms with Gasteiger partial charge in [0.1, 0.15) is 0 Å². The maximum atomic E-state index is 10.5. The van der Waals surface area contributed by atoms with Crippen LogP contribution in [0.15, 0.2) is 0 Å². The third-order valence-electron chi connectivity index (χ3n) is 0.821. The van der Waals surface area contributed by atoms with Gasteiger partial charge in [-0.25, -0.2) is 0 Å². The zero-order chi connectivity index (χ0) is 7.33. The molecule has 5 heteroatoms. The molecule has 0 N–H and O–H groups in total. The zero-order valence-electron chi connectivity index (χ0n) is 5.75. The summed E-state index contributed by atoms with van der Waals surface area (Å²) in [7, 11) is -3.18. The third-order valence-corrected chi connectivity index (χ3v) is 2.05. The van der Waals surface area contributed by atoms with Crippen LogP contribution in [0.5, 0.6) is 0 Å². The monoisotopic (exact) mass is 176 g/mol. The molecule has 0 saturated carbocycles. The van der Waals surface area contributed by atoms with E-state index in [4.69, 9.17) is 0 Å². The average molecular weight is 176 g/mol. The first kappa shape index (κ1) is 13.5. The first-order valence-electron chi connectivity index (χ1n) is 2.99. The molecule has 0 unspecified atom stereocenters. The summed E-state index contributed by atoms with van der Waals surface area (Å²) < 4.78 is 25.6. The van der Waals surface area contributed by atoms with Gasteiger partial charge in [-0.05, 0) is 13.3 Å². The minimum absolute atomic E-state index is 0. The van der Waals surface area contributed by atoms with Crippen molar-refractivity contribution in [3.8, 4) is 0 Å². The van der Waals surface area contributed by atoms with Crippen LogP contribution in [-0.2, 0) is 14.3 Å². The fraction of sp³-hybridized carbons (Fsp3) is 1.00. The third kappa shape index (κ3) is 7.02. The van der Waals surface area contributed by atoms with E-state index in [1.165, 1.54) is 0 Å². The van der Waals surface area contributed by atoms with Crippen molar-refractivity contribution >= 4 is 39.7 Å². The van der Waals surface area contributed by atoms with Gasteiger partial charge in [-0.15, -0.1) is 0 Å². The molecular formula is C5H13NaO3S. The molecule has 0 aliphatic rings. The van der Waals surface area contributed by atoms with Gasteiger partial charge in [0.15, 0.2) is 0 Å². The molecule has 0 heterocycles. The molecular weight excluding hydrogens is 163 g/mol. The van der Waals surface area contributed by atoms with Gasteiger partial charge >= 0.3 is 29.6 Å². The second kappa shape index (κ2) is 6.61. The molecule has 0 amide bonds. The molecule has 0 aromatic heterocycles. The van der Waals surface area contributed by atoms with Crippen molar-refractivity contribution in [2.75, 3.05) is 12.4 Å². The first-order valence-corrected chi connectivity index (χ1v) is 4.57. The van der Waals surface area contributed by atoms with E-state index in [1.807, 2.05) is 6.92 Å². The van der Waals surface area contributed by atoms with Gasteiger partial charge in [0.25, 0.3) is 10.1 Å². The fourth-order valence-corrected chi connectivity index (χ4v) is 0.881. The standard InChI is InChI=1S/C5H12O3S.Na.H/c1-3-5-8-9(6,7)4-2;;/h3-5H2,1-2H3;;. The van der Waals surface area contributed by atoms with Crippen molar-refractivity contribution in [2.45, 2.75) is 20.3 Å². The number of rotatable bonds is 4. The Balaban J connectivity index is 0. The van der Waals surface area contributed by atoms with Crippen LogP contribution in [0.1, 0.15) is 20.3 Å². The molecule has 0 bridgehead atoms. The molecule has 58 valence electrons. The van der Waals surface area contributed by atoms with Crippen LogP contribution in [0.4, 0.5) is 0 Å². The number of hydrogen-bond donors (Lipinski definition) is 0. The van der Waals surface area contributed by atoms with E-state index in [1.54, 1.807) is 6.92 Å². The predicted molar refractivity (Wildman–Crippen MR) is 42.9 cm³/mol. The quantitative estimate of drug-likeness (QED) is 0.451. The normalized spacial score (nSPS) is 10.6. The van der Waals surface area contributed by atoms with Crippen LogP contribution in [0, 0.1) is 0 Å². The Labute approximate surface area is 84.6 Å². The summed E-state index contributed by atoms with van der Waals surface area (Å²) in [5.41, 5.74) is 0. The Kier molecular flexibility index (Phi) is 8.92. The molecule has 0 aliphatic heterocycles. The van der Waals surface area contributed by atoms with E-state index in [-0.39, 0.29) is 35.3 Å². The molecule has 10 heavy (non-hydrogen) atoms. The summed E-state index contributed by atoms with van der Waals surface area (Å²) in [6, 6.07) is 0. The number of hydrogen-bond acceptors (Lipinski definition) is 3. The molecule has 0 spiro atoms. The van der Waals surface area contributed by atoms with E-state index in [2.05, 4.69) is 4.18 Å². The summed E-state index contributed by atoms with van der Waals surface area (Å²) in [5.74, 6) is 0.0625. The van der Waals surface area contributed by atoms with Gasteiger partial charge in [-0.1, -0.05) is 6.92 Å². The molecule has 0 rings (SSSR count). The van der Waals surface area contributed by atoms with Crippen molar-refractivity contribution in [2.24, 2.45) is 0 Å². The molecule has 0 atom stereocenters. The topological polar surface area (TPSA) is 43.4 Å². The van der Waals surface area contributed by atoms with Crippen molar-refractivity contribution < 1.29 is 12.6 Å². The van der Waals surface area contributed by atoms with Gasteiger partial charge in [0, 0.05) is 0 Å².